The van der Waals surface area contributed by atoms with Gasteiger partial charge in [-0.2, -0.15) is 0 Å². The van der Waals surface area contributed by atoms with E-state index in [1.165, 1.54) is 45.2 Å². The van der Waals surface area contributed by atoms with Crippen LogP contribution < -0.4 is 5.73 Å². The fourth-order valence-corrected chi connectivity index (χ4v) is 3.48. The van der Waals surface area contributed by atoms with Crippen LogP contribution in [0.3, 0.4) is 0 Å². The maximum absolute atomic E-state index is 5.68. The number of hydrogen-bond acceptors (Lipinski definition) is 2. The van der Waals surface area contributed by atoms with Crippen molar-refractivity contribution < 1.29 is 0 Å². The lowest BCUT2D eigenvalue weighted by molar-refractivity contribution is 0.236. The van der Waals surface area contributed by atoms with Crippen molar-refractivity contribution in [1.29, 1.82) is 0 Å². The molecule has 0 radical (unpaired) electrons. The largest absolute Gasteiger partial charge is 0.330 e. The molecular formula is C17H26N2. The third-order valence-corrected chi connectivity index (χ3v) is 4.66. The van der Waals surface area contributed by atoms with Crippen LogP contribution in [0.15, 0.2) is 24.3 Å². The van der Waals surface area contributed by atoms with Gasteiger partial charge in [-0.25, -0.2) is 0 Å². The second-order valence-electron chi connectivity index (χ2n) is 6.16. The summed E-state index contributed by atoms with van der Waals surface area (Å²) in [5.74, 6) is 0.753. The highest BCUT2D eigenvalue weighted by Crippen LogP contribution is 2.35. The van der Waals surface area contributed by atoms with Crippen molar-refractivity contribution in [2.45, 2.75) is 50.5 Å². The molecule has 0 bridgehead atoms. The number of rotatable bonds is 6. The highest BCUT2D eigenvalue weighted by Gasteiger charge is 2.31. The van der Waals surface area contributed by atoms with Crippen LogP contribution in [0.2, 0.25) is 0 Å². The molecule has 0 heterocycles. The molecule has 1 atom stereocenters. The Kier molecular flexibility index (Phi) is 4.19. The predicted octanol–water partition coefficient (Wildman–Crippen LogP) is 2.92. The predicted molar refractivity (Wildman–Crippen MR) is 80.4 cm³/mol. The van der Waals surface area contributed by atoms with Crippen molar-refractivity contribution in [3.8, 4) is 0 Å². The van der Waals surface area contributed by atoms with Crippen LogP contribution in [-0.4, -0.2) is 30.6 Å². The Morgan fingerprint density at radius 1 is 1.16 bits per heavy atom. The first kappa shape index (κ1) is 13.1. The number of benzene rings is 1. The lowest BCUT2D eigenvalue weighted by Crippen LogP contribution is -2.33. The number of hydrogen-bond donors (Lipinski definition) is 1. The zero-order valence-electron chi connectivity index (χ0n) is 11.9. The molecule has 0 aromatic heterocycles. The first-order valence-electron chi connectivity index (χ1n) is 7.90. The van der Waals surface area contributed by atoms with Gasteiger partial charge in [0, 0.05) is 12.6 Å². The van der Waals surface area contributed by atoms with E-state index < -0.39 is 0 Å². The summed E-state index contributed by atoms with van der Waals surface area (Å²) in [6.07, 6.45) is 7.95. The number of nitrogens with zero attached hydrogens (tertiary/aromatic N) is 1. The minimum atomic E-state index is 0.753. The molecule has 104 valence electrons. The van der Waals surface area contributed by atoms with E-state index in [2.05, 4.69) is 29.2 Å². The van der Waals surface area contributed by atoms with Crippen molar-refractivity contribution in [2.24, 2.45) is 5.73 Å². The lowest BCUT2D eigenvalue weighted by Gasteiger charge is -2.31. The van der Waals surface area contributed by atoms with Gasteiger partial charge in [0.25, 0.3) is 0 Å². The van der Waals surface area contributed by atoms with Gasteiger partial charge in [0.1, 0.15) is 0 Å². The Bertz CT molecular complexity index is 411. The zero-order valence-corrected chi connectivity index (χ0v) is 11.9. The van der Waals surface area contributed by atoms with Crippen LogP contribution in [0.5, 0.6) is 0 Å². The molecule has 0 spiro atoms. The van der Waals surface area contributed by atoms with E-state index >= 15 is 0 Å². The van der Waals surface area contributed by atoms with Gasteiger partial charge in [0.05, 0.1) is 0 Å². The summed E-state index contributed by atoms with van der Waals surface area (Å²) < 4.78 is 0. The third kappa shape index (κ3) is 3.18. The molecule has 2 aliphatic rings. The second kappa shape index (κ2) is 6.06. The van der Waals surface area contributed by atoms with E-state index in [0.717, 1.165) is 24.9 Å². The van der Waals surface area contributed by atoms with Crippen LogP contribution in [0.25, 0.3) is 0 Å². The van der Waals surface area contributed by atoms with Crippen LogP contribution in [0, 0.1) is 0 Å². The Labute approximate surface area is 117 Å². The van der Waals surface area contributed by atoms with Crippen molar-refractivity contribution in [1.82, 2.24) is 4.90 Å². The van der Waals surface area contributed by atoms with E-state index in [1.54, 1.807) is 11.1 Å². The van der Waals surface area contributed by atoms with Gasteiger partial charge in [0.2, 0.25) is 0 Å². The maximum atomic E-state index is 5.68. The van der Waals surface area contributed by atoms with E-state index in [4.69, 9.17) is 5.73 Å². The Morgan fingerprint density at radius 3 is 2.79 bits per heavy atom. The van der Waals surface area contributed by atoms with Crippen molar-refractivity contribution in [3.05, 3.63) is 35.4 Å². The van der Waals surface area contributed by atoms with Crippen LogP contribution in [0.1, 0.15) is 49.1 Å². The smallest absolute Gasteiger partial charge is 0.00966 e. The molecule has 1 aromatic carbocycles. The van der Waals surface area contributed by atoms with Crippen LogP contribution in [0.4, 0.5) is 0 Å². The standard InChI is InChI=1S/C17H26N2/c18-11-4-12-19(16-9-10-16)13-15-7-3-6-14-5-1-2-8-17(14)15/h1-2,5,8,15-16H,3-4,6-7,9-13,18H2. The van der Waals surface area contributed by atoms with E-state index in [-0.39, 0.29) is 0 Å². The number of fused-ring (bicyclic) bond motifs is 1. The average Bonchev–Trinajstić information content (AvgIpc) is 3.28. The van der Waals surface area contributed by atoms with E-state index in [0.29, 0.717) is 0 Å². The molecule has 0 aliphatic heterocycles. The molecule has 2 N–H and O–H groups in total. The average molecular weight is 258 g/mol. The van der Waals surface area contributed by atoms with Gasteiger partial charge in [-0.15, -0.1) is 0 Å². The van der Waals surface area contributed by atoms with Gasteiger partial charge in [-0.05, 0) is 68.7 Å². The van der Waals surface area contributed by atoms with Gasteiger partial charge >= 0.3 is 0 Å². The fraction of sp³-hybridized carbons (Fsp3) is 0.647. The quantitative estimate of drug-likeness (QED) is 0.850. The summed E-state index contributed by atoms with van der Waals surface area (Å²) in [5.41, 5.74) is 8.89. The highest BCUT2D eigenvalue weighted by molar-refractivity contribution is 5.32. The van der Waals surface area contributed by atoms with E-state index in [9.17, 15) is 0 Å². The second-order valence-corrected chi connectivity index (χ2v) is 6.16. The maximum Gasteiger partial charge on any atom is 0.00966 e. The first-order chi connectivity index (χ1) is 9.38. The topological polar surface area (TPSA) is 29.3 Å². The monoisotopic (exact) mass is 258 g/mol. The SMILES string of the molecule is NCCCN(CC1CCCc2ccccc21)C1CC1. The van der Waals surface area contributed by atoms with Crippen LogP contribution >= 0.6 is 0 Å². The molecule has 1 fully saturated rings. The molecular weight excluding hydrogens is 232 g/mol. The summed E-state index contributed by atoms with van der Waals surface area (Å²) in [6, 6.07) is 9.93. The Balaban J connectivity index is 1.68. The molecule has 1 unspecified atom stereocenters. The normalized spacial score (nSPS) is 22.5. The summed E-state index contributed by atoms with van der Waals surface area (Å²) in [6.45, 7) is 3.27. The molecule has 0 saturated heterocycles. The zero-order chi connectivity index (χ0) is 13.1. The third-order valence-electron chi connectivity index (χ3n) is 4.66. The summed E-state index contributed by atoms with van der Waals surface area (Å²) in [4.78, 5) is 2.71. The van der Waals surface area contributed by atoms with Gasteiger partial charge in [-0.1, -0.05) is 24.3 Å². The highest BCUT2D eigenvalue weighted by atomic mass is 15.2. The molecule has 1 saturated carbocycles. The minimum Gasteiger partial charge on any atom is -0.330 e. The Hall–Kier alpha value is -0.860. The van der Waals surface area contributed by atoms with Crippen molar-refractivity contribution >= 4 is 0 Å². The summed E-state index contributed by atoms with van der Waals surface area (Å²) >= 11 is 0. The van der Waals surface area contributed by atoms with Gasteiger partial charge in [-0.3, -0.25) is 4.90 Å². The molecule has 2 heteroatoms. The minimum absolute atomic E-state index is 0.753. The number of aryl methyl sites for hydroxylation is 1. The molecule has 2 aliphatic carbocycles. The fourth-order valence-electron chi connectivity index (χ4n) is 3.48. The van der Waals surface area contributed by atoms with Gasteiger partial charge in [0.15, 0.2) is 0 Å². The first-order valence-corrected chi connectivity index (χ1v) is 7.90. The number of nitrogens with two attached hydrogens (primary N) is 1. The van der Waals surface area contributed by atoms with Crippen LogP contribution in [-0.2, 0) is 6.42 Å². The summed E-state index contributed by atoms with van der Waals surface area (Å²) in [7, 11) is 0. The van der Waals surface area contributed by atoms with Crippen molar-refractivity contribution in [3.63, 3.8) is 0 Å². The van der Waals surface area contributed by atoms with Gasteiger partial charge < -0.3 is 5.73 Å². The molecule has 3 rings (SSSR count). The van der Waals surface area contributed by atoms with E-state index in [1.807, 2.05) is 0 Å². The Morgan fingerprint density at radius 2 is 2.00 bits per heavy atom. The molecule has 0 amide bonds. The lowest BCUT2D eigenvalue weighted by atomic mass is 9.82. The molecule has 19 heavy (non-hydrogen) atoms. The summed E-state index contributed by atoms with van der Waals surface area (Å²) in [5, 5.41) is 0. The molecule has 1 aromatic rings. The van der Waals surface area contributed by atoms with Crippen molar-refractivity contribution in [2.75, 3.05) is 19.6 Å². The molecule has 2 nitrogen and oxygen atoms in total.